The quantitative estimate of drug-likeness (QED) is 0.393. The molecule has 2 rings (SSSR count). The number of amidine groups is 1. The van der Waals surface area contributed by atoms with Crippen molar-refractivity contribution in [3.63, 3.8) is 0 Å². The number of ether oxygens (including phenoxy) is 1. The maximum absolute atomic E-state index is 13.9. The second kappa shape index (κ2) is 5.79. The van der Waals surface area contributed by atoms with Crippen molar-refractivity contribution in [2.75, 3.05) is 0 Å². The molecule has 3 N–H and O–H groups in total. The number of halogens is 2. The Morgan fingerprint density at radius 1 is 1.30 bits per heavy atom. The molecule has 0 atom stereocenters. The van der Waals surface area contributed by atoms with Gasteiger partial charge < -0.3 is 15.7 Å². The minimum absolute atomic E-state index is 0.0428. The maximum Gasteiger partial charge on any atom is 0.170 e. The van der Waals surface area contributed by atoms with Gasteiger partial charge in [-0.2, -0.15) is 0 Å². The molecule has 0 saturated carbocycles. The van der Waals surface area contributed by atoms with Gasteiger partial charge in [0, 0.05) is 10.6 Å². The summed E-state index contributed by atoms with van der Waals surface area (Å²) in [6.07, 6.45) is 0. The molecule has 2 aromatic carbocycles. The summed E-state index contributed by atoms with van der Waals surface area (Å²) in [6, 6.07) is 9.07. The lowest BCUT2D eigenvalue weighted by atomic mass is 10.2. The second-order valence-corrected chi connectivity index (χ2v) is 4.55. The van der Waals surface area contributed by atoms with Crippen LogP contribution in [0, 0.1) is 12.7 Å². The number of hydrogen-bond acceptors (Lipinski definition) is 3. The van der Waals surface area contributed by atoms with Gasteiger partial charge in [-0.15, -0.1) is 0 Å². The molecule has 0 amide bonds. The highest BCUT2D eigenvalue weighted by Crippen LogP contribution is 2.28. The molecule has 0 aromatic heterocycles. The van der Waals surface area contributed by atoms with Crippen molar-refractivity contribution < 1.29 is 14.3 Å². The minimum Gasteiger partial charge on any atom is -0.454 e. The molecule has 0 aliphatic heterocycles. The molecule has 0 heterocycles. The Kier molecular flexibility index (Phi) is 4.10. The third-order valence-electron chi connectivity index (χ3n) is 2.69. The van der Waals surface area contributed by atoms with Gasteiger partial charge in [-0.25, -0.2) is 4.39 Å². The highest BCUT2D eigenvalue weighted by molar-refractivity contribution is 6.31. The van der Waals surface area contributed by atoms with Gasteiger partial charge in [0.05, 0.1) is 0 Å². The molecule has 2 aromatic rings. The van der Waals surface area contributed by atoms with Crippen molar-refractivity contribution in [3.8, 4) is 11.5 Å². The van der Waals surface area contributed by atoms with Gasteiger partial charge in [0.25, 0.3) is 0 Å². The molecule has 0 bridgehead atoms. The first-order valence-corrected chi connectivity index (χ1v) is 6.10. The summed E-state index contributed by atoms with van der Waals surface area (Å²) in [5.41, 5.74) is 6.48. The van der Waals surface area contributed by atoms with Crippen LogP contribution in [0.5, 0.6) is 11.5 Å². The topological polar surface area (TPSA) is 67.8 Å². The lowest BCUT2D eigenvalue weighted by Crippen LogP contribution is -2.13. The van der Waals surface area contributed by atoms with E-state index in [-0.39, 0.29) is 17.1 Å². The average Bonchev–Trinajstić information content (AvgIpc) is 2.44. The third kappa shape index (κ3) is 3.00. The number of aryl methyl sites for hydroxylation is 1. The number of nitrogens with zero attached hydrogens (tertiary/aromatic N) is 1. The van der Waals surface area contributed by atoms with E-state index < -0.39 is 5.82 Å². The monoisotopic (exact) mass is 294 g/mol. The summed E-state index contributed by atoms with van der Waals surface area (Å²) < 4.78 is 19.3. The first-order valence-electron chi connectivity index (χ1n) is 5.72. The molecule has 0 unspecified atom stereocenters. The molecule has 0 radical (unpaired) electrons. The molecule has 0 aliphatic carbocycles. The number of nitrogens with two attached hydrogens (primary N) is 1. The van der Waals surface area contributed by atoms with Crippen LogP contribution in [0.2, 0.25) is 5.02 Å². The summed E-state index contributed by atoms with van der Waals surface area (Å²) >= 11 is 5.91. The maximum atomic E-state index is 13.9. The number of hydrogen-bond donors (Lipinski definition) is 2. The molecular weight excluding hydrogens is 283 g/mol. The van der Waals surface area contributed by atoms with E-state index in [1.807, 2.05) is 6.92 Å². The summed E-state index contributed by atoms with van der Waals surface area (Å²) in [5, 5.41) is 12.0. The SMILES string of the molecule is Cc1cc(Oc2ccc(/C(N)=N/O)cc2F)ccc1Cl. The van der Waals surface area contributed by atoms with E-state index in [9.17, 15) is 4.39 Å². The lowest BCUT2D eigenvalue weighted by Gasteiger charge is -2.09. The van der Waals surface area contributed by atoms with Crippen LogP contribution in [0.25, 0.3) is 0 Å². The first kappa shape index (κ1) is 14.1. The molecule has 0 saturated heterocycles. The van der Waals surface area contributed by atoms with E-state index in [4.69, 9.17) is 27.3 Å². The van der Waals surface area contributed by atoms with Gasteiger partial charge in [-0.05, 0) is 48.9 Å². The Morgan fingerprint density at radius 2 is 2.05 bits per heavy atom. The Labute approximate surface area is 120 Å². The zero-order valence-electron chi connectivity index (χ0n) is 10.6. The largest absolute Gasteiger partial charge is 0.454 e. The molecule has 20 heavy (non-hydrogen) atoms. The van der Waals surface area contributed by atoms with E-state index in [0.717, 1.165) is 11.6 Å². The van der Waals surface area contributed by atoms with Crippen molar-refractivity contribution >= 4 is 17.4 Å². The molecule has 6 heteroatoms. The highest BCUT2D eigenvalue weighted by Gasteiger charge is 2.09. The van der Waals surface area contributed by atoms with Crippen LogP contribution in [-0.2, 0) is 0 Å². The highest BCUT2D eigenvalue weighted by atomic mass is 35.5. The number of rotatable bonds is 3. The van der Waals surface area contributed by atoms with E-state index in [0.29, 0.717) is 10.8 Å². The lowest BCUT2D eigenvalue weighted by molar-refractivity contribution is 0.318. The number of benzene rings is 2. The van der Waals surface area contributed by atoms with Crippen LogP contribution in [0.1, 0.15) is 11.1 Å². The summed E-state index contributed by atoms with van der Waals surface area (Å²) in [7, 11) is 0. The predicted octanol–water partition coefficient (Wildman–Crippen LogP) is 3.67. The van der Waals surface area contributed by atoms with Crippen molar-refractivity contribution in [3.05, 3.63) is 58.4 Å². The Balaban J connectivity index is 2.28. The fraction of sp³-hybridized carbons (Fsp3) is 0.0714. The average molecular weight is 295 g/mol. The van der Waals surface area contributed by atoms with Gasteiger partial charge in [-0.1, -0.05) is 16.8 Å². The van der Waals surface area contributed by atoms with Crippen LogP contribution in [0.3, 0.4) is 0 Å². The molecule has 0 fully saturated rings. The summed E-state index contributed by atoms with van der Waals surface area (Å²) in [4.78, 5) is 0. The van der Waals surface area contributed by atoms with Crippen LogP contribution >= 0.6 is 11.6 Å². The summed E-state index contributed by atoms with van der Waals surface area (Å²) in [6.45, 7) is 1.83. The van der Waals surface area contributed by atoms with Gasteiger partial charge in [0.15, 0.2) is 17.4 Å². The Bertz CT molecular complexity index is 674. The molecule has 4 nitrogen and oxygen atoms in total. The Hall–Kier alpha value is -2.27. The molecule has 0 aliphatic rings. The fourth-order valence-electron chi connectivity index (χ4n) is 1.61. The molecule has 104 valence electrons. The summed E-state index contributed by atoms with van der Waals surface area (Å²) in [5.74, 6) is -0.261. The van der Waals surface area contributed by atoms with E-state index in [2.05, 4.69) is 5.16 Å². The molecular formula is C14H12ClFN2O2. The number of oxime groups is 1. The van der Waals surface area contributed by atoms with Crippen LogP contribution in [-0.4, -0.2) is 11.0 Å². The van der Waals surface area contributed by atoms with Crippen LogP contribution in [0.15, 0.2) is 41.6 Å². The minimum atomic E-state index is -0.610. The van der Waals surface area contributed by atoms with Crippen molar-refractivity contribution in [1.29, 1.82) is 0 Å². The van der Waals surface area contributed by atoms with Crippen LogP contribution < -0.4 is 10.5 Å². The first-order chi connectivity index (χ1) is 9.51. The van der Waals surface area contributed by atoms with E-state index >= 15 is 0 Å². The smallest absolute Gasteiger partial charge is 0.170 e. The Morgan fingerprint density at radius 3 is 2.65 bits per heavy atom. The van der Waals surface area contributed by atoms with Gasteiger partial charge >= 0.3 is 0 Å². The van der Waals surface area contributed by atoms with Crippen molar-refractivity contribution in [2.24, 2.45) is 10.9 Å². The standard InChI is InChI=1S/C14H12ClFN2O2/c1-8-6-10(3-4-11(8)15)20-13-5-2-9(7-12(13)16)14(17)18-19/h2-7,19H,1H3,(H2,17,18). The van der Waals surface area contributed by atoms with Gasteiger partial charge in [0.2, 0.25) is 0 Å². The van der Waals surface area contributed by atoms with Crippen molar-refractivity contribution in [1.82, 2.24) is 0 Å². The van der Waals surface area contributed by atoms with E-state index in [1.54, 1.807) is 18.2 Å². The normalized spacial score (nSPS) is 11.4. The van der Waals surface area contributed by atoms with E-state index in [1.165, 1.54) is 12.1 Å². The zero-order valence-corrected chi connectivity index (χ0v) is 11.4. The van der Waals surface area contributed by atoms with Crippen molar-refractivity contribution in [2.45, 2.75) is 6.92 Å². The third-order valence-corrected chi connectivity index (χ3v) is 3.12. The fourth-order valence-corrected chi connectivity index (χ4v) is 1.73. The van der Waals surface area contributed by atoms with Crippen LogP contribution in [0.4, 0.5) is 4.39 Å². The molecule has 0 spiro atoms. The predicted molar refractivity (Wildman–Crippen MR) is 75.2 cm³/mol. The second-order valence-electron chi connectivity index (χ2n) is 4.14. The van der Waals surface area contributed by atoms with Gasteiger partial charge in [-0.3, -0.25) is 0 Å². The van der Waals surface area contributed by atoms with Gasteiger partial charge in [0.1, 0.15) is 5.75 Å². The zero-order chi connectivity index (χ0) is 14.7.